The first-order valence-electron chi connectivity index (χ1n) is 7.13. The number of ether oxygens (including phenoxy) is 1. The number of non-ortho nitro benzene ring substituents is 1. The van der Waals surface area contributed by atoms with Crippen molar-refractivity contribution in [3.05, 3.63) is 74.2 Å². The minimum atomic E-state index is -0.683. The van der Waals surface area contributed by atoms with Gasteiger partial charge in [0.15, 0.2) is 0 Å². The first-order chi connectivity index (χ1) is 11.9. The summed E-state index contributed by atoms with van der Waals surface area (Å²) >= 11 is 7.46. The van der Waals surface area contributed by atoms with Gasteiger partial charge >= 0.3 is 5.97 Å². The molecule has 3 rings (SSSR count). The van der Waals surface area contributed by atoms with E-state index in [1.165, 1.54) is 23.5 Å². The molecule has 0 fully saturated rings. The van der Waals surface area contributed by atoms with Gasteiger partial charge in [0, 0.05) is 28.8 Å². The van der Waals surface area contributed by atoms with Crippen molar-refractivity contribution in [1.82, 2.24) is 4.98 Å². The van der Waals surface area contributed by atoms with E-state index < -0.39 is 10.9 Å². The second-order valence-electron chi connectivity index (χ2n) is 5.13. The highest BCUT2D eigenvalue weighted by Crippen LogP contribution is 2.27. The van der Waals surface area contributed by atoms with Gasteiger partial charge < -0.3 is 4.74 Å². The quantitative estimate of drug-likeness (QED) is 0.281. The van der Waals surface area contributed by atoms with Crippen LogP contribution < -0.4 is 4.74 Å². The number of nitro groups is 1. The number of hydrogen-bond donors (Lipinski definition) is 0. The summed E-state index contributed by atoms with van der Waals surface area (Å²) in [4.78, 5) is 26.7. The fraction of sp³-hybridized carbons (Fsp3) is 0.0588. The monoisotopic (exact) mass is 374 g/mol. The maximum absolute atomic E-state index is 12.2. The molecule has 0 aliphatic carbocycles. The van der Waals surface area contributed by atoms with E-state index in [1.54, 1.807) is 24.3 Å². The van der Waals surface area contributed by atoms with E-state index in [9.17, 15) is 14.9 Å². The summed E-state index contributed by atoms with van der Waals surface area (Å²) in [5, 5.41) is 13.5. The van der Waals surface area contributed by atoms with Crippen molar-refractivity contribution in [2.45, 2.75) is 6.92 Å². The predicted octanol–water partition coefficient (Wildman–Crippen LogP) is 4.90. The lowest BCUT2D eigenvalue weighted by atomic mass is 10.2. The summed E-state index contributed by atoms with van der Waals surface area (Å²) in [6.07, 6.45) is 0. The molecule has 0 radical (unpaired) electrons. The third kappa shape index (κ3) is 3.84. The van der Waals surface area contributed by atoms with Crippen LogP contribution in [0.25, 0.3) is 10.6 Å². The van der Waals surface area contributed by atoms with Crippen molar-refractivity contribution < 1.29 is 14.5 Å². The highest BCUT2D eigenvalue weighted by Gasteiger charge is 2.17. The maximum atomic E-state index is 12.2. The number of esters is 1. The molecular formula is C17H11ClN2O4S. The SMILES string of the molecule is Cc1csc(-c2ccc(OC(=O)c3ccc([N+](=O)[O-])cc3Cl)cc2)n1. The van der Waals surface area contributed by atoms with Crippen LogP contribution in [0, 0.1) is 17.0 Å². The highest BCUT2D eigenvalue weighted by molar-refractivity contribution is 7.13. The van der Waals surface area contributed by atoms with E-state index in [0.29, 0.717) is 5.75 Å². The molecule has 0 aliphatic rings. The topological polar surface area (TPSA) is 82.3 Å². The molecule has 0 aliphatic heterocycles. The number of carbonyl (C=O) groups is 1. The fourth-order valence-electron chi connectivity index (χ4n) is 2.10. The summed E-state index contributed by atoms with van der Waals surface area (Å²) in [7, 11) is 0. The van der Waals surface area contributed by atoms with E-state index >= 15 is 0 Å². The van der Waals surface area contributed by atoms with E-state index in [4.69, 9.17) is 16.3 Å². The second-order valence-corrected chi connectivity index (χ2v) is 6.39. The Morgan fingerprint density at radius 2 is 1.96 bits per heavy atom. The first kappa shape index (κ1) is 17.1. The zero-order chi connectivity index (χ0) is 18.0. The highest BCUT2D eigenvalue weighted by atomic mass is 35.5. The molecule has 25 heavy (non-hydrogen) atoms. The lowest BCUT2D eigenvalue weighted by Crippen LogP contribution is -2.09. The van der Waals surface area contributed by atoms with Gasteiger partial charge in [-0.3, -0.25) is 10.1 Å². The number of carbonyl (C=O) groups excluding carboxylic acids is 1. The summed E-state index contributed by atoms with van der Waals surface area (Å²) in [6, 6.07) is 10.5. The molecule has 1 heterocycles. The summed E-state index contributed by atoms with van der Waals surface area (Å²) in [6.45, 7) is 1.92. The number of hydrogen-bond acceptors (Lipinski definition) is 6. The number of aromatic nitrogens is 1. The lowest BCUT2D eigenvalue weighted by molar-refractivity contribution is -0.384. The summed E-state index contributed by atoms with van der Waals surface area (Å²) in [5.74, 6) is -0.339. The van der Waals surface area contributed by atoms with Gasteiger partial charge in [-0.1, -0.05) is 11.6 Å². The van der Waals surface area contributed by atoms with Crippen LogP contribution in [-0.2, 0) is 0 Å². The maximum Gasteiger partial charge on any atom is 0.345 e. The molecule has 0 saturated carbocycles. The number of rotatable bonds is 4. The van der Waals surface area contributed by atoms with Gasteiger partial charge in [0.1, 0.15) is 10.8 Å². The van der Waals surface area contributed by atoms with Gasteiger partial charge in [-0.2, -0.15) is 0 Å². The largest absolute Gasteiger partial charge is 0.423 e. The van der Waals surface area contributed by atoms with E-state index in [2.05, 4.69) is 4.98 Å². The van der Waals surface area contributed by atoms with Crippen molar-refractivity contribution in [2.24, 2.45) is 0 Å². The molecule has 0 amide bonds. The molecule has 3 aromatic rings. The van der Waals surface area contributed by atoms with Crippen LogP contribution >= 0.6 is 22.9 Å². The molecule has 0 bridgehead atoms. The normalized spacial score (nSPS) is 10.5. The minimum absolute atomic E-state index is 0.0333. The number of nitro benzene ring substituents is 1. The smallest absolute Gasteiger partial charge is 0.345 e. The molecule has 8 heteroatoms. The zero-order valence-electron chi connectivity index (χ0n) is 12.9. The molecule has 126 valence electrons. The van der Waals surface area contributed by atoms with Crippen molar-refractivity contribution in [3.8, 4) is 16.3 Å². The molecule has 2 aromatic carbocycles. The predicted molar refractivity (Wildman–Crippen MR) is 95.4 cm³/mol. The van der Waals surface area contributed by atoms with Crippen molar-refractivity contribution in [2.75, 3.05) is 0 Å². The van der Waals surface area contributed by atoms with E-state index in [1.807, 2.05) is 12.3 Å². The first-order valence-corrected chi connectivity index (χ1v) is 8.38. The fourth-order valence-corrected chi connectivity index (χ4v) is 3.15. The average molecular weight is 375 g/mol. The Labute approximate surface area is 151 Å². The van der Waals surface area contributed by atoms with Gasteiger partial charge in [0.2, 0.25) is 0 Å². The Balaban J connectivity index is 1.76. The van der Waals surface area contributed by atoms with Crippen LogP contribution in [0.3, 0.4) is 0 Å². The van der Waals surface area contributed by atoms with Crippen molar-refractivity contribution in [1.29, 1.82) is 0 Å². The molecule has 0 saturated heterocycles. The summed E-state index contributed by atoms with van der Waals surface area (Å²) in [5.41, 5.74) is 1.74. The molecule has 0 spiro atoms. The number of nitrogens with zero attached hydrogens (tertiary/aromatic N) is 2. The van der Waals surface area contributed by atoms with Gasteiger partial charge in [-0.05, 0) is 37.3 Å². The Kier molecular flexibility index (Phi) is 4.78. The number of thiazole rings is 1. The molecule has 0 N–H and O–H groups in total. The number of halogens is 1. The standard InChI is InChI=1S/C17H11ClN2O4S/c1-10-9-25-16(19-10)11-2-5-13(6-3-11)24-17(21)14-7-4-12(20(22)23)8-15(14)18/h2-9H,1H3. The second kappa shape index (κ2) is 7.00. The lowest BCUT2D eigenvalue weighted by Gasteiger charge is -2.06. The van der Waals surface area contributed by atoms with Crippen LogP contribution in [0.1, 0.15) is 16.1 Å². The van der Waals surface area contributed by atoms with Crippen LogP contribution in [-0.4, -0.2) is 15.9 Å². The molecule has 6 nitrogen and oxygen atoms in total. The average Bonchev–Trinajstić information content (AvgIpc) is 3.01. The molecule has 0 unspecified atom stereocenters. The Hall–Kier alpha value is -2.77. The van der Waals surface area contributed by atoms with Crippen LogP contribution in [0.4, 0.5) is 5.69 Å². The van der Waals surface area contributed by atoms with Crippen molar-refractivity contribution >= 4 is 34.6 Å². The molecular weight excluding hydrogens is 364 g/mol. The van der Waals surface area contributed by atoms with Gasteiger partial charge in [0.25, 0.3) is 5.69 Å². The number of benzene rings is 2. The van der Waals surface area contributed by atoms with E-state index in [0.717, 1.165) is 22.3 Å². The van der Waals surface area contributed by atoms with Crippen LogP contribution in [0.5, 0.6) is 5.75 Å². The van der Waals surface area contributed by atoms with E-state index in [-0.39, 0.29) is 16.3 Å². The Morgan fingerprint density at radius 1 is 1.24 bits per heavy atom. The third-order valence-corrected chi connectivity index (χ3v) is 4.64. The van der Waals surface area contributed by atoms with Gasteiger partial charge in [-0.15, -0.1) is 11.3 Å². The minimum Gasteiger partial charge on any atom is -0.423 e. The Bertz CT molecular complexity index is 954. The Morgan fingerprint density at radius 3 is 2.52 bits per heavy atom. The zero-order valence-corrected chi connectivity index (χ0v) is 14.5. The van der Waals surface area contributed by atoms with Gasteiger partial charge in [-0.25, -0.2) is 9.78 Å². The third-order valence-electron chi connectivity index (χ3n) is 3.31. The molecule has 0 atom stereocenters. The molecule has 1 aromatic heterocycles. The van der Waals surface area contributed by atoms with Gasteiger partial charge in [0.05, 0.1) is 15.5 Å². The van der Waals surface area contributed by atoms with Crippen LogP contribution in [0.15, 0.2) is 47.8 Å². The number of aryl methyl sites for hydroxylation is 1. The van der Waals surface area contributed by atoms with Crippen LogP contribution in [0.2, 0.25) is 5.02 Å². The van der Waals surface area contributed by atoms with Crippen molar-refractivity contribution in [3.63, 3.8) is 0 Å². The summed E-state index contributed by atoms with van der Waals surface area (Å²) < 4.78 is 5.27.